The molecule has 2 aromatic carbocycles. The molecule has 1 saturated heterocycles. The van der Waals surface area contributed by atoms with Gasteiger partial charge in [0.25, 0.3) is 5.91 Å². The van der Waals surface area contributed by atoms with E-state index in [9.17, 15) is 9.59 Å². The molecule has 0 spiro atoms. The van der Waals surface area contributed by atoms with Crippen molar-refractivity contribution in [2.45, 2.75) is 20.0 Å². The van der Waals surface area contributed by atoms with Gasteiger partial charge in [-0.25, -0.2) is 0 Å². The lowest BCUT2D eigenvalue weighted by Gasteiger charge is -2.31. The Morgan fingerprint density at radius 1 is 0.923 bits per heavy atom. The monoisotopic (exact) mass is 535 g/mol. The van der Waals surface area contributed by atoms with E-state index in [4.69, 9.17) is 18.6 Å². The highest BCUT2D eigenvalue weighted by Crippen LogP contribution is 2.26. The Hall–Kier alpha value is -3.82. The minimum atomic E-state index is -0.274. The van der Waals surface area contributed by atoms with Crippen molar-refractivity contribution in [3.8, 4) is 11.5 Å². The summed E-state index contributed by atoms with van der Waals surface area (Å²) in [6.45, 7) is 6.43. The Kier molecular flexibility index (Phi) is 9.99. The zero-order chi connectivity index (χ0) is 27.6. The summed E-state index contributed by atoms with van der Waals surface area (Å²) in [6.07, 6.45) is 0. The lowest BCUT2D eigenvalue weighted by Crippen LogP contribution is -2.47. The van der Waals surface area contributed by atoms with Gasteiger partial charge in [0.05, 0.1) is 39.5 Å². The number of carbonyl (C=O) groups excluding carboxylic acids is 2. The SMILES string of the molecule is COc1ccc(C(=O)N(CCN2CCOCC2)CC(=O)N(Cc2ccccc2)Cc2ccc(C)o2)c(OC)c1. The van der Waals surface area contributed by atoms with E-state index in [0.29, 0.717) is 62.2 Å². The van der Waals surface area contributed by atoms with Gasteiger partial charge in [0.1, 0.15) is 29.6 Å². The first-order valence-electron chi connectivity index (χ1n) is 13.1. The van der Waals surface area contributed by atoms with Crippen molar-refractivity contribution in [3.63, 3.8) is 0 Å². The van der Waals surface area contributed by atoms with Gasteiger partial charge in [-0.15, -0.1) is 0 Å². The van der Waals surface area contributed by atoms with E-state index >= 15 is 0 Å². The number of methoxy groups -OCH3 is 2. The molecule has 0 radical (unpaired) electrons. The van der Waals surface area contributed by atoms with Gasteiger partial charge >= 0.3 is 0 Å². The normalized spacial score (nSPS) is 13.6. The third-order valence-corrected chi connectivity index (χ3v) is 6.75. The summed E-state index contributed by atoms with van der Waals surface area (Å²) in [6, 6.07) is 18.6. The van der Waals surface area contributed by atoms with Crippen molar-refractivity contribution < 1.29 is 28.2 Å². The molecule has 0 atom stereocenters. The standard InChI is InChI=1S/C30H37N3O6/c1-23-9-10-26(39-23)21-33(20-24-7-5-4-6-8-24)29(34)22-32(14-13-31-15-17-38-18-16-31)30(35)27-12-11-25(36-2)19-28(27)37-3/h4-12,19H,13-18,20-22H2,1-3H3. The lowest BCUT2D eigenvalue weighted by molar-refractivity contribution is -0.133. The number of nitrogens with zero attached hydrogens (tertiary/aromatic N) is 3. The Labute approximate surface area is 229 Å². The average Bonchev–Trinajstić information content (AvgIpc) is 3.39. The van der Waals surface area contributed by atoms with Gasteiger partial charge in [0.15, 0.2) is 0 Å². The van der Waals surface area contributed by atoms with Crippen molar-refractivity contribution in [2.24, 2.45) is 0 Å². The largest absolute Gasteiger partial charge is 0.497 e. The van der Waals surface area contributed by atoms with Gasteiger partial charge in [-0.2, -0.15) is 0 Å². The van der Waals surface area contributed by atoms with Crippen LogP contribution in [0.5, 0.6) is 11.5 Å². The van der Waals surface area contributed by atoms with Gasteiger partial charge in [-0.3, -0.25) is 14.5 Å². The summed E-state index contributed by atoms with van der Waals surface area (Å²) in [4.78, 5) is 33.2. The third kappa shape index (κ3) is 7.84. The first-order valence-corrected chi connectivity index (χ1v) is 13.1. The van der Waals surface area contributed by atoms with Crippen molar-refractivity contribution in [1.82, 2.24) is 14.7 Å². The number of morpholine rings is 1. The van der Waals surface area contributed by atoms with E-state index in [1.807, 2.05) is 49.4 Å². The average molecular weight is 536 g/mol. The minimum Gasteiger partial charge on any atom is -0.497 e. The Balaban J connectivity index is 1.57. The molecule has 0 saturated carbocycles. The fraction of sp³-hybridized carbons (Fsp3) is 0.400. The van der Waals surface area contributed by atoms with Gasteiger partial charge in [-0.05, 0) is 36.8 Å². The van der Waals surface area contributed by atoms with Crippen LogP contribution < -0.4 is 9.47 Å². The zero-order valence-corrected chi connectivity index (χ0v) is 22.9. The highest BCUT2D eigenvalue weighted by Gasteiger charge is 2.26. The molecular formula is C30H37N3O6. The zero-order valence-electron chi connectivity index (χ0n) is 22.9. The lowest BCUT2D eigenvalue weighted by atomic mass is 10.1. The fourth-order valence-electron chi connectivity index (χ4n) is 4.54. The topological polar surface area (TPSA) is 84.7 Å². The number of rotatable bonds is 12. The maximum Gasteiger partial charge on any atom is 0.258 e. The van der Waals surface area contributed by atoms with Crippen LogP contribution in [0.1, 0.15) is 27.4 Å². The van der Waals surface area contributed by atoms with Gasteiger partial charge < -0.3 is 28.4 Å². The third-order valence-electron chi connectivity index (χ3n) is 6.75. The van der Waals surface area contributed by atoms with Gasteiger partial charge in [-0.1, -0.05) is 30.3 Å². The molecule has 2 amide bonds. The number of carbonyl (C=O) groups is 2. The first kappa shape index (κ1) is 28.2. The highest BCUT2D eigenvalue weighted by atomic mass is 16.5. The Morgan fingerprint density at radius 3 is 2.36 bits per heavy atom. The molecule has 2 heterocycles. The molecule has 0 aliphatic carbocycles. The molecule has 9 nitrogen and oxygen atoms in total. The number of furan rings is 1. The summed E-state index contributed by atoms with van der Waals surface area (Å²) >= 11 is 0. The van der Waals surface area contributed by atoms with Crippen LogP contribution in [0.25, 0.3) is 0 Å². The summed E-state index contributed by atoms with van der Waals surface area (Å²) in [7, 11) is 3.08. The predicted molar refractivity (Wildman–Crippen MR) is 147 cm³/mol. The molecule has 1 aliphatic heterocycles. The molecule has 1 aromatic heterocycles. The quantitative estimate of drug-likeness (QED) is 0.350. The van der Waals surface area contributed by atoms with Crippen molar-refractivity contribution >= 4 is 11.8 Å². The van der Waals surface area contributed by atoms with E-state index in [-0.39, 0.29) is 18.4 Å². The van der Waals surface area contributed by atoms with E-state index in [0.717, 1.165) is 24.4 Å². The molecule has 3 aromatic rings. The smallest absolute Gasteiger partial charge is 0.258 e. The van der Waals surface area contributed by atoms with E-state index in [1.54, 1.807) is 35.1 Å². The van der Waals surface area contributed by atoms with Crippen LogP contribution in [0.3, 0.4) is 0 Å². The van der Waals surface area contributed by atoms with Crippen LogP contribution in [0, 0.1) is 6.92 Å². The molecule has 9 heteroatoms. The molecule has 39 heavy (non-hydrogen) atoms. The highest BCUT2D eigenvalue weighted by molar-refractivity contribution is 5.99. The maximum atomic E-state index is 13.8. The van der Waals surface area contributed by atoms with E-state index in [1.165, 1.54) is 7.11 Å². The van der Waals surface area contributed by atoms with Crippen molar-refractivity contribution in [1.29, 1.82) is 0 Å². The molecule has 4 rings (SSSR count). The second-order valence-electron chi connectivity index (χ2n) is 9.49. The second kappa shape index (κ2) is 13.8. The summed E-state index contributed by atoms with van der Waals surface area (Å²) in [5, 5.41) is 0. The summed E-state index contributed by atoms with van der Waals surface area (Å²) in [5.41, 5.74) is 1.38. The molecule has 0 unspecified atom stereocenters. The van der Waals surface area contributed by atoms with Crippen LogP contribution >= 0.6 is 0 Å². The molecule has 1 fully saturated rings. The number of amides is 2. The molecule has 0 N–H and O–H groups in total. The van der Waals surface area contributed by atoms with Crippen LogP contribution in [0.15, 0.2) is 65.1 Å². The number of hydrogen-bond donors (Lipinski definition) is 0. The predicted octanol–water partition coefficient (Wildman–Crippen LogP) is 3.61. The van der Waals surface area contributed by atoms with Gasteiger partial charge in [0.2, 0.25) is 5.91 Å². The Bertz CT molecular complexity index is 1220. The van der Waals surface area contributed by atoms with Gasteiger partial charge in [0, 0.05) is 38.8 Å². The Morgan fingerprint density at radius 2 is 1.69 bits per heavy atom. The van der Waals surface area contributed by atoms with Crippen molar-refractivity contribution in [3.05, 3.63) is 83.3 Å². The van der Waals surface area contributed by atoms with Crippen LogP contribution in [0.4, 0.5) is 0 Å². The summed E-state index contributed by atoms with van der Waals surface area (Å²) in [5.74, 6) is 2.02. The molecular weight excluding hydrogens is 498 g/mol. The van der Waals surface area contributed by atoms with E-state index in [2.05, 4.69) is 4.90 Å². The first-order chi connectivity index (χ1) is 19.0. The summed E-state index contributed by atoms with van der Waals surface area (Å²) < 4.78 is 22.0. The van der Waals surface area contributed by atoms with E-state index < -0.39 is 0 Å². The fourth-order valence-corrected chi connectivity index (χ4v) is 4.54. The maximum absolute atomic E-state index is 13.8. The molecule has 1 aliphatic rings. The minimum absolute atomic E-state index is 0.0785. The number of hydrogen-bond acceptors (Lipinski definition) is 7. The second-order valence-corrected chi connectivity index (χ2v) is 9.49. The number of ether oxygens (including phenoxy) is 3. The van der Waals surface area contributed by atoms with Crippen LogP contribution in [-0.4, -0.2) is 86.7 Å². The van der Waals surface area contributed by atoms with Crippen molar-refractivity contribution in [2.75, 3.05) is 60.2 Å². The molecule has 208 valence electrons. The van der Waals surface area contributed by atoms with Crippen LogP contribution in [-0.2, 0) is 22.6 Å². The molecule has 0 bridgehead atoms. The van der Waals surface area contributed by atoms with Crippen LogP contribution in [0.2, 0.25) is 0 Å². The number of benzene rings is 2. The number of aryl methyl sites for hydroxylation is 1.